The van der Waals surface area contributed by atoms with E-state index in [1.807, 2.05) is 31.2 Å². The number of likely N-dealkylation sites (N-methyl/N-ethyl adjacent to an activating group) is 1. The van der Waals surface area contributed by atoms with E-state index >= 15 is 0 Å². The summed E-state index contributed by atoms with van der Waals surface area (Å²) in [6.45, 7) is 5.93. The van der Waals surface area contributed by atoms with Crippen molar-refractivity contribution in [3.63, 3.8) is 0 Å². The molecule has 1 amide bonds. The second kappa shape index (κ2) is 5.96. The van der Waals surface area contributed by atoms with Gasteiger partial charge in [-0.3, -0.25) is 13.9 Å². The van der Waals surface area contributed by atoms with Crippen LogP contribution in [0.3, 0.4) is 0 Å². The molecule has 0 aliphatic carbocycles. The number of para-hydroxylation sites is 2. The standard InChI is InChI=1S/C16H23N3O3/c1-5-18-12-8-6-7-9-13(12)19(15(18)21)10-14(20)17(4)11-16(2,3)22/h6-9,22H,5,10-11H2,1-4H3. The number of rotatable bonds is 5. The first-order chi connectivity index (χ1) is 10.2. The number of carbonyl (C=O) groups excluding carboxylic acids is 1. The summed E-state index contributed by atoms with van der Waals surface area (Å²) in [7, 11) is 1.63. The molecule has 22 heavy (non-hydrogen) atoms. The van der Waals surface area contributed by atoms with E-state index in [0.29, 0.717) is 6.54 Å². The summed E-state index contributed by atoms with van der Waals surface area (Å²) in [4.78, 5) is 26.2. The van der Waals surface area contributed by atoms with Crippen molar-refractivity contribution in [3.8, 4) is 0 Å². The molecule has 0 radical (unpaired) electrons. The SMILES string of the molecule is CCn1c(=O)n(CC(=O)N(C)CC(C)(C)O)c2ccccc21. The third-order valence-corrected chi connectivity index (χ3v) is 3.58. The highest BCUT2D eigenvalue weighted by atomic mass is 16.3. The third-order valence-electron chi connectivity index (χ3n) is 3.58. The number of hydrogen-bond acceptors (Lipinski definition) is 3. The van der Waals surface area contributed by atoms with Crippen molar-refractivity contribution >= 4 is 16.9 Å². The number of aromatic nitrogens is 2. The number of aryl methyl sites for hydroxylation is 1. The Labute approximate surface area is 129 Å². The average Bonchev–Trinajstić information content (AvgIpc) is 2.69. The fourth-order valence-electron chi connectivity index (χ4n) is 2.66. The highest BCUT2D eigenvalue weighted by Gasteiger charge is 2.21. The topological polar surface area (TPSA) is 67.5 Å². The van der Waals surface area contributed by atoms with E-state index in [0.717, 1.165) is 11.0 Å². The molecule has 1 aromatic carbocycles. The van der Waals surface area contributed by atoms with Crippen LogP contribution in [0, 0.1) is 0 Å². The quantitative estimate of drug-likeness (QED) is 0.898. The van der Waals surface area contributed by atoms with E-state index in [2.05, 4.69) is 0 Å². The summed E-state index contributed by atoms with van der Waals surface area (Å²) >= 11 is 0. The predicted octanol–water partition coefficient (Wildman–Crippen LogP) is 1.05. The lowest BCUT2D eigenvalue weighted by atomic mass is 10.1. The zero-order chi connectivity index (χ0) is 16.5. The Hall–Kier alpha value is -2.08. The number of nitrogens with zero attached hydrogens (tertiary/aromatic N) is 3. The summed E-state index contributed by atoms with van der Waals surface area (Å²) in [6, 6.07) is 7.44. The summed E-state index contributed by atoms with van der Waals surface area (Å²) in [6.07, 6.45) is 0. The molecule has 0 aliphatic rings. The molecule has 0 saturated heterocycles. The van der Waals surface area contributed by atoms with Crippen molar-refractivity contribution in [1.29, 1.82) is 0 Å². The van der Waals surface area contributed by atoms with E-state index in [-0.39, 0.29) is 24.7 Å². The van der Waals surface area contributed by atoms with Gasteiger partial charge in [0.05, 0.1) is 16.6 Å². The maximum Gasteiger partial charge on any atom is 0.329 e. The molecule has 0 unspecified atom stereocenters. The molecule has 1 N–H and O–H groups in total. The molecule has 0 fully saturated rings. The Bertz CT molecular complexity index is 737. The minimum absolute atomic E-state index is 0.0288. The maximum absolute atomic E-state index is 12.5. The van der Waals surface area contributed by atoms with Crippen LogP contribution in [0.4, 0.5) is 0 Å². The third kappa shape index (κ3) is 3.22. The van der Waals surface area contributed by atoms with Gasteiger partial charge in [-0.1, -0.05) is 12.1 Å². The van der Waals surface area contributed by atoms with Gasteiger partial charge in [-0.15, -0.1) is 0 Å². The molecule has 0 atom stereocenters. The van der Waals surface area contributed by atoms with E-state index in [9.17, 15) is 14.7 Å². The Morgan fingerprint density at radius 2 is 1.77 bits per heavy atom. The predicted molar refractivity (Wildman–Crippen MR) is 85.8 cm³/mol. The van der Waals surface area contributed by atoms with Crippen LogP contribution in [-0.2, 0) is 17.9 Å². The van der Waals surface area contributed by atoms with Crippen molar-refractivity contribution in [2.45, 2.75) is 39.5 Å². The molecule has 0 spiro atoms. The van der Waals surface area contributed by atoms with Crippen LogP contribution in [0.2, 0.25) is 0 Å². The van der Waals surface area contributed by atoms with Gasteiger partial charge in [0.1, 0.15) is 6.54 Å². The van der Waals surface area contributed by atoms with Crippen LogP contribution in [0.15, 0.2) is 29.1 Å². The number of carbonyl (C=O) groups is 1. The van der Waals surface area contributed by atoms with Gasteiger partial charge in [0.25, 0.3) is 0 Å². The fraction of sp³-hybridized carbons (Fsp3) is 0.500. The Morgan fingerprint density at radius 3 is 2.27 bits per heavy atom. The van der Waals surface area contributed by atoms with Gasteiger partial charge in [-0.25, -0.2) is 4.79 Å². The van der Waals surface area contributed by atoms with Crippen LogP contribution in [0.5, 0.6) is 0 Å². The number of fused-ring (bicyclic) bond motifs is 1. The van der Waals surface area contributed by atoms with Crippen molar-refractivity contribution in [3.05, 3.63) is 34.7 Å². The smallest absolute Gasteiger partial charge is 0.329 e. The fourth-order valence-corrected chi connectivity index (χ4v) is 2.66. The van der Waals surface area contributed by atoms with Crippen molar-refractivity contribution in [2.75, 3.05) is 13.6 Å². The second-order valence-corrected chi connectivity index (χ2v) is 6.16. The van der Waals surface area contributed by atoms with Crippen molar-refractivity contribution < 1.29 is 9.90 Å². The van der Waals surface area contributed by atoms with Gasteiger partial charge in [0.15, 0.2) is 0 Å². The van der Waals surface area contributed by atoms with Gasteiger partial charge in [-0.2, -0.15) is 0 Å². The molecule has 0 saturated carbocycles. The molecular weight excluding hydrogens is 282 g/mol. The highest BCUT2D eigenvalue weighted by Crippen LogP contribution is 2.13. The van der Waals surface area contributed by atoms with Gasteiger partial charge >= 0.3 is 5.69 Å². The lowest BCUT2D eigenvalue weighted by Gasteiger charge is -2.25. The minimum atomic E-state index is -0.965. The first kappa shape index (κ1) is 16.3. The van der Waals surface area contributed by atoms with Gasteiger partial charge in [-0.05, 0) is 32.9 Å². The number of aliphatic hydroxyl groups is 1. The first-order valence-corrected chi connectivity index (χ1v) is 7.39. The Balaban J connectivity index is 2.34. The Morgan fingerprint density at radius 1 is 1.23 bits per heavy atom. The van der Waals surface area contributed by atoms with E-state index in [1.54, 1.807) is 25.5 Å². The van der Waals surface area contributed by atoms with Crippen molar-refractivity contribution in [2.24, 2.45) is 0 Å². The first-order valence-electron chi connectivity index (χ1n) is 7.39. The molecular formula is C16H23N3O3. The van der Waals surface area contributed by atoms with Gasteiger partial charge in [0, 0.05) is 20.1 Å². The van der Waals surface area contributed by atoms with E-state index in [4.69, 9.17) is 0 Å². The highest BCUT2D eigenvalue weighted by molar-refractivity contribution is 5.81. The lowest BCUT2D eigenvalue weighted by molar-refractivity contribution is -0.133. The maximum atomic E-state index is 12.5. The molecule has 1 heterocycles. The number of amides is 1. The molecule has 6 heteroatoms. The summed E-state index contributed by atoms with van der Waals surface area (Å²) < 4.78 is 3.14. The molecule has 120 valence electrons. The molecule has 0 bridgehead atoms. The van der Waals surface area contributed by atoms with Gasteiger partial charge in [0.2, 0.25) is 5.91 Å². The second-order valence-electron chi connectivity index (χ2n) is 6.16. The van der Waals surface area contributed by atoms with E-state index in [1.165, 1.54) is 9.47 Å². The number of imidazole rings is 1. The molecule has 0 aliphatic heterocycles. The van der Waals surface area contributed by atoms with Gasteiger partial charge < -0.3 is 10.0 Å². The Kier molecular flexibility index (Phi) is 4.42. The monoisotopic (exact) mass is 305 g/mol. The van der Waals surface area contributed by atoms with Crippen LogP contribution >= 0.6 is 0 Å². The summed E-state index contributed by atoms with van der Waals surface area (Å²) in [5, 5.41) is 9.81. The van der Waals surface area contributed by atoms with Crippen LogP contribution in [-0.4, -0.2) is 44.2 Å². The zero-order valence-electron chi connectivity index (χ0n) is 13.5. The number of benzene rings is 1. The largest absolute Gasteiger partial charge is 0.389 e. The minimum Gasteiger partial charge on any atom is -0.389 e. The van der Waals surface area contributed by atoms with Crippen molar-refractivity contribution in [1.82, 2.24) is 14.0 Å². The average molecular weight is 305 g/mol. The summed E-state index contributed by atoms with van der Waals surface area (Å²) in [5.74, 6) is -0.205. The zero-order valence-corrected chi connectivity index (χ0v) is 13.5. The normalized spacial score (nSPS) is 11.9. The molecule has 1 aromatic heterocycles. The molecule has 2 aromatic rings. The van der Waals surface area contributed by atoms with E-state index < -0.39 is 5.60 Å². The molecule has 2 rings (SSSR count). The van der Waals surface area contributed by atoms with Crippen LogP contribution in [0.25, 0.3) is 11.0 Å². The number of hydrogen-bond donors (Lipinski definition) is 1. The van der Waals surface area contributed by atoms with Crippen LogP contribution in [0.1, 0.15) is 20.8 Å². The molecule has 6 nitrogen and oxygen atoms in total. The van der Waals surface area contributed by atoms with Crippen LogP contribution < -0.4 is 5.69 Å². The lowest BCUT2D eigenvalue weighted by Crippen LogP contribution is -2.42. The summed E-state index contributed by atoms with van der Waals surface area (Å²) in [5.41, 5.74) is 0.424.